The van der Waals surface area contributed by atoms with E-state index >= 15 is 0 Å². The highest BCUT2D eigenvalue weighted by molar-refractivity contribution is 6.44. The minimum Gasteiger partial charge on any atom is -0.458 e. The summed E-state index contributed by atoms with van der Waals surface area (Å²) in [6.07, 6.45) is -0.428. The van der Waals surface area contributed by atoms with Crippen LogP contribution in [0, 0.1) is 5.92 Å². The first-order chi connectivity index (χ1) is 9.71. The molecule has 5 nitrogen and oxygen atoms in total. The molecule has 0 rings (SSSR count). The van der Waals surface area contributed by atoms with Crippen molar-refractivity contribution >= 4 is 35.3 Å². The lowest BCUT2D eigenvalue weighted by atomic mass is 10.0. The zero-order valence-corrected chi connectivity index (χ0v) is 15.8. The number of alkyl halides is 2. The molecule has 0 unspecified atom stereocenters. The normalized spacial score (nSPS) is 15.2. The lowest BCUT2D eigenvalue weighted by Crippen LogP contribution is -2.47. The molecule has 7 heteroatoms. The van der Waals surface area contributed by atoms with Crippen LogP contribution in [0.25, 0.3) is 0 Å². The number of hydrogen-bond donors (Lipinski definition) is 1. The van der Waals surface area contributed by atoms with E-state index in [-0.39, 0.29) is 12.3 Å². The molecule has 0 aliphatic carbocycles. The second-order valence-electron chi connectivity index (χ2n) is 7.28. The summed E-state index contributed by atoms with van der Waals surface area (Å²) >= 11 is 11.6. The molecule has 0 saturated heterocycles. The second-order valence-corrected chi connectivity index (χ2v) is 8.44. The Labute approximate surface area is 143 Å². The molecule has 0 fully saturated rings. The van der Waals surface area contributed by atoms with Crippen LogP contribution in [0.4, 0.5) is 4.79 Å². The highest BCUT2D eigenvalue weighted by atomic mass is 35.5. The van der Waals surface area contributed by atoms with Gasteiger partial charge in [0.25, 0.3) is 0 Å². The summed E-state index contributed by atoms with van der Waals surface area (Å²) in [6.45, 7) is 12.3. The molecule has 0 aliphatic rings. The van der Waals surface area contributed by atoms with Crippen LogP contribution in [0.2, 0.25) is 0 Å². The van der Waals surface area contributed by atoms with E-state index in [2.05, 4.69) is 5.32 Å². The molecule has 1 amide bonds. The number of esters is 1. The monoisotopic (exact) mass is 355 g/mol. The Bertz CT molecular complexity index is 386. The van der Waals surface area contributed by atoms with E-state index in [1.807, 2.05) is 0 Å². The number of hydrogen-bond acceptors (Lipinski definition) is 4. The van der Waals surface area contributed by atoms with Crippen LogP contribution in [0.5, 0.6) is 0 Å². The van der Waals surface area contributed by atoms with E-state index in [4.69, 9.17) is 32.7 Å². The number of halogens is 2. The van der Waals surface area contributed by atoms with Crippen molar-refractivity contribution in [2.75, 3.05) is 0 Å². The van der Waals surface area contributed by atoms with E-state index in [9.17, 15) is 9.59 Å². The third kappa shape index (κ3) is 10.1. The molecular weight excluding hydrogens is 329 g/mol. The number of amides is 1. The summed E-state index contributed by atoms with van der Waals surface area (Å²) in [5, 5.41) is 2.53. The highest BCUT2D eigenvalue weighted by Gasteiger charge is 2.31. The molecule has 0 aromatic carbocycles. The third-order valence-electron chi connectivity index (χ3n) is 2.42. The zero-order valence-electron chi connectivity index (χ0n) is 14.3. The summed E-state index contributed by atoms with van der Waals surface area (Å²) in [7, 11) is 0. The van der Waals surface area contributed by atoms with Gasteiger partial charge in [-0.2, -0.15) is 0 Å². The van der Waals surface area contributed by atoms with Crippen LogP contribution in [0.3, 0.4) is 0 Å². The van der Waals surface area contributed by atoms with Gasteiger partial charge in [-0.1, -0.05) is 6.92 Å². The Hall–Kier alpha value is -0.680. The fraction of sp³-hybridized carbons (Fsp3) is 0.867. The maximum Gasteiger partial charge on any atom is 0.408 e. The van der Waals surface area contributed by atoms with Gasteiger partial charge in [-0.15, -0.1) is 23.2 Å². The van der Waals surface area contributed by atoms with E-state index < -0.39 is 34.1 Å². The quantitative estimate of drug-likeness (QED) is 0.596. The average molecular weight is 356 g/mol. The van der Waals surface area contributed by atoms with Crippen molar-refractivity contribution in [2.24, 2.45) is 5.92 Å². The average Bonchev–Trinajstić information content (AvgIpc) is 2.22. The van der Waals surface area contributed by atoms with Crippen molar-refractivity contribution < 1.29 is 19.1 Å². The molecule has 0 bridgehead atoms. The SMILES string of the molecule is C[C@@H](C[C@H](NC(=O)OC(C)(C)C)C(=O)OC(C)(C)C)C(Cl)Cl. The molecule has 0 spiro atoms. The molecule has 1 N–H and O–H groups in total. The number of carbonyl (C=O) groups is 2. The van der Waals surface area contributed by atoms with Gasteiger partial charge in [0.05, 0.1) is 0 Å². The zero-order chi connectivity index (χ0) is 17.7. The number of nitrogens with one attached hydrogen (secondary N) is 1. The van der Waals surface area contributed by atoms with Gasteiger partial charge >= 0.3 is 12.1 Å². The molecule has 2 atom stereocenters. The van der Waals surface area contributed by atoms with Crippen molar-refractivity contribution in [2.45, 2.75) is 77.0 Å². The van der Waals surface area contributed by atoms with Gasteiger partial charge in [-0.05, 0) is 53.9 Å². The predicted molar refractivity (Wildman–Crippen MR) is 88.3 cm³/mol. The van der Waals surface area contributed by atoms with Gasteiger partial charge in [0, 0.05) is 0 Å². The summed E-state index contributed by atoms with van der Waals surface area (Å²) < 4.78 is 10.5. The minimum atomic E-state index is -0.871. The maximum atomic E-state index is 12.2. The minimum absolute atomic E-state index is 0.198. The number of carbonyl (C=O) groups excluding carboxylic acids is 2. The van der Waals surface area contributed by atoms with Gasteiger partial charge in [-0.3, -0.25) is 0 Å². The van der Waals surface area contributed by atoms with Gasteiger partial charge in [0.15, 0.2) is 0 Å². The number of alkyl carbamates (subject to hydrolysis) is 1. The molecule has 0 saturated carbocycles. The van der Waals surface area contributed by atoms with Crippen LogP contribution < -0.4 is 5.32 Å². The molecule has 0 aliphatic heterocycles. The van der Waals surface area contributed by atoms with Crippen molar-refractivity contribution in [3.05, 3.63) is 0 Å². The standard InChI is InChI=1S/C15H27Cl2NO4/c1-9(11(16)17)8-10(12(19)21-14(2,3)4)18-13(20)22-15(5,6)7/h9-11H,8H2,1-7H3,(H,18,20)/t9-,10-/m0/s1. The van der Waals surface area contributed by atoms with E-state index in [1.165, 1.54) is 0 Å². The summed E-state index contributed by atoms with van der Waals surface area (Å²) in [5.41, 5.74) is -1.31. The second kappa shape index (κ2) is 8.25. The molecule has 0 heterocycles. The molecule has 130 valence electrons. The smallest absolute Gasteiger partial charge is 0.408 e. The van der Waals surface area contributed by atoms with Crippen LogP contribution in [-0.4, -0.2) is 34.1 Å². The third-order valence-corrected chi connectivity index (χ3v) is 3.28. The van der Waals surface area contributed by atoms with E-state index in [0.29, 0.717) is 0 Å². The van der Waals surface area contributed by atoms with Crippen molar-refractivity contribution in [3.8, 4) is 0 Å². The maximum absolute atomic E-state index is 12.2. The summed E-state index contributed by atoms with van der Waals surface area (Å²) in [6, 6.07) is -0.871. The predicted octanol–water partition coefficient (Wildman–Crippen LogP) is 4.05. The lowest BCUT2D eigenvalue weighted by Gasteiger charge is -2.27. The summed E-state index contributed by atoms with van der Waals surface area (Å²) in [5.74, 6) is -0.741. The molecular formula is C15H27Cl2NO4. The fourth-order valence-electron chi connectivity index (χ4n) is 1.51. The number of ether oxygens (including phenoxy) is 2. The van der Waals surface area contributed by atoms with Crippen LogP contribution in [0.15, 0.2) is 0 Å². The lowest BCUT2D eigenvalue weighted by molar-refractivity contribution is -0.157. The van der Waals surface area contributed by atoms with Crippen molar-refractivity contribution in [1.82, 2.24) is 5.32 Å². The summed E-state index contributed by atoms with van der Waals surface area (Å²) in [4.78, 5) is 23.5. The topological polar surface area (TPSA) is 64.6 Å². The largest absolute Gasteiger partial charge is 0.458 e. The Morgan fingerprint density at radius 1 is 1.00 bits per heavy atom. The molecule has 0 aromatic heterocycles. The van der Waals surface area contributed by atoms with Gasteiger partial charge in [-0.25, -0.2) is 9.59 Å². The molecule has 0 radical (unpaired) electrons. The Morgan fingerprint density at radius 2 is 1.45 bits per heavy atom. The van der Waals surface area contributed by atoms with E-state index in [1.54, 1.807) is 48.5 Å². The van der Waals surface area contributed by atoms with Gasteiger partial charge < -0.3 is 14.8 Å². The molecule has 0 aromatic rings. The van der Waals surface area contributed by atoms with Gasteiger partial charge in [0.1, 0.15) is 22.1 Å². The first-order valence-electron chi connectivity index (χ1n) is 7.22. The van der Waals surface area contributed by atoms with Crippen molar-refractivity contribution in [1.29, 1.82) is 0 Å². The Balaban J connectivity index is 4.93. The highest BCUT2D eigenvalue weighted by Crippen LogP contribution is 2.21. The first kappa shape index (κ1) is 21.3. The fourth-order valence-corrected chi connectivity index (χ4v) is 1.72. The van der Waals surface area contributed by atoms with Gasteiger partial charge in [0.2, 0.25) is 0 Å². The van der Waals surface area contributed by atoms with Crippen LogP contribution in [0.1, 0.15) is 54.9 Å². The van der Waals surface area contributed by atoms with E-state index in [0.717, 1.165) is 0 Å². The van der Waals surface area contributed by atoms with Crippen molar-refractivity contribution in [3.63, 3.8) is 0 Å². The Morgan fingerprint density at radius 3 is 1.82 bits per heavy atom. The van der Waals surface area contributed by atoms with Crippen LogP contribution in [-0.2, 0) is 14.3 Å². The van der Waals surface area contributed by atoms with Crippen LogP contribution >= 0.6 is 23.2 Å². The molecule has 22 heavy (non-hydrogen) atoms. The first-order valence-corrected chi connectivity index (χ1v) is 8.09. The number of rotatable bonds is 5. The Kier molecular flexibility index (Phi) is 8.00.